The van der Waals surface area contributed by atoms with Crippen molar-refractivity contribution in [2.75, 3.05) is 5.32 Å². The Hall–Kier alpha value is -2.62. The standard InChI is InChI=1S/C17H16N2O2/c1-3-12-4-6-13(7-5-12)17(20)19-14-8-9-16-15(10-14)18-11(2)21-16/h4-10H,3H2,1-2H3,(H,19,20). The van der Waals surface area contributed by atoms with Crippen molar-refractivity contribution in [1.29, 1.82) is 0 Å². The second-order valence-corrected chi connectivity index (χ2v) is 4.92. The van der Waals surface area contributed by atoms with Gasteiger partial charge in [-0.2, -0.15) is 0 Å². The Labute approximate surface area is 122 Å². The van der Waals surface area contributed by atoms with Crippen LogP contribution >= 0.6 is 0 Å². The van der Waals surface area contributed by atoms with Crippen molar-refractivity contribution >= 4 is 22.7 Å². The van der Waals surface area contributed by atoms with Gasteiger partial charge in [0, 0.05) is 18.2 Å². The molecule has 0 aliphatic rings. The second-order valence-electron chi connectivity index (χ2n) is 4.92. The van der Waals surface area contributed by atoms with Gasteiger partial charge >= 0.3 is 0 Å². The molecule has 1 aromatic heterocycles. The zero-order chi connectivity index (χ0) is 14.8. The van der Waals surface area contributed by atoms with Gasteiger partial charge in [0.2, 0.25) is 0 Å². The highest BCUT2D eigenvalue weighted by atomic mass is 16.3. The van der Waals surface area contributed by atoms with Crippen LogP contribution in [0.25, 0.3) is 11.1 Å². The van der Waals surface area contributed by atoms with Crippen LogP contribution in [0.5, 0.6) is 0 Å². The molecule has 0 bridgehead atoms. The van der Waals surface area contributed by atoms with E-state index in [2.05, 4.69) is 17.2 Å². The number of benzene rings is 2. The first-order chi connectivity index (χ1) is 10.2. The topological polar surface area (TPSA) is 55.1 Å². The first-order valence-corrected chi connectivity index (χ1v) is 6.93. The zero-order valence-electron chi connectivity index (χ0n) is 12.0. The minimum atomic E-state index is -0.128. The van der Waals surface area contributed by atoms with E-state index < -0.39 is 0 Å². The van der Waals surface area contributed by atoms with E-state index in [-0.39, 0.29) is 5.91 Å². The summed E-state index contributed by atoms with van der Waals surface area (Å²) in [5.41, 5.74) is 4.03. The predicted molar refractivity (Wildman–Crippen MR) is 82.5 cm³/mol. The number of rotatable bonds is 3. The van der Waals surface area contributed by atoms with Crippen LogP contribution in [0.1, 0.15) is 28.7 Å². The molecular weight excluding hydrogens is 264 g/mol. The molecule has 0 spiro atoms. The highest BCUT2D eigenvalue weighted by molar-refractivity contribution is 6.04. The minimum absolute atomic E-state index is 0.128. The number of fused-ring (bicyclic) bond motifs is 1. The number of amides is 1. The average molecular weight is 280 g/mol. The number of oxazole rings is 1. The maximum atomic E-state index is 12.2. The lowest BCUT2D eigenvalue weighted by Crippen LogP contribution is -2.11. The van der Waals surface area contributed by atoms with E-state index in [4.69, 9.17) is 4.42 Å². The Bertz CT molecular complexity index is 788. The molecular formula is C17H16N2O2. The summed E-state index contributed by atoms with van der Waals surface area (Å²) < 4.78 is 5.41. The molecule has 2 aromatic carbocycles. The Morgan fingerprint density at radius 1 is 1.19 bits per heavy atom. The van der Waals surface area contributed by atoms with Crippen LogP contribution in [0.4, 0.5) is 5.69 Å². The molecule has 3 rings (SSSR count). The highest BCUT2D eigenvalue weighted by Gasteiger charge is 2.08. The minimum Gasteiger partial charge on any atom is -0.441 e. The van der Waals surface area contributed by atoms with Crippen molar-refractivity contribution in [3.8, 4) is 0 Å². The number of carbonyl (C=O) groups is 1. The monoisotopic (exact) mass is 280 g/mol. The molecule has 1 N–H and O–H groups in total. The third-order valence-corrected chi connectivity index (χ3v) is 3.38. The van der Waals surface area contributed by atoms with Gasteiger partial charge in [-0.1, -0.05) is 19.1 Å². The number of nitrogens with zero attached hydrogens (tertiary/aromatic N) is 1. The third kappa shape index (κ3) is 2.79. The van der Waals surface area contributed by atoms with Crippen LogP contribution in [0.2, 0.25) is 0 Å². The predicted octanol–water partition coefficient (Wildman–Crippen LogP) is 3.95. The SMILES string of the molecule is CCc1ccc(C(=O)Nc2ccc3oc(C)nc3c2)cc1. The number of carbonyl (C=O) groups excluding carboxylic acids is 1. The summed E-state index contributed by atoms with van der Waals surface area (Å²) in [6, 6.07) is 13.1. The third-order valence-electron chi connectivity index (χ3n) is 3.38. The van der Waals surface area contributed by atoms with Gasteiger partial charge in [-0.15, -0.1) is 0 Å². The van der Waals surface area contributed by atoms with Gasteiger partial charge in [0.25, 0.3) is 5.91 Å². The maximum Gasteiger partial charge on any atom is 0.255 e. The summed E-state index contributed by atoms with van der Waals surface area (Å²) in [5, 5.41) is 2.88. The molecule has 1 amide bonds. The van der Waals surface area contributed by atoms with E-state index in [0.717, 1.165) is 17.5 Å². The van der Waals surface area contributed by atoms with Crippen LogP contribution in [0.15, 0.2) is 46.9 Å². The molecule has 1 heterocycles. The average Bonchev–Trinajstić information content (AvgIpc) is 2.86. The number of aryl methyl sites for hydroxylation is 2. The number of aromatic nitrogens is 1. The van der Waals surface area contributed by atoms with Gasteiger partial charge in [0.15, 0.2) is 11.5 Å². The lowest BCUT2D eigenvalue weighted by Gasteiger charge is -2.05. The summed E-state index contributed by atoms with van der Waals surface area (Å²) in [6.45, 7) is 3.89. The summed E-state index contributed by atoms with van der Waals surface area (Å²) in [5.74, 6) is 0.487. The molecule has 0 atom stereocenters. The van der Waals surface area contributed by atoms with Crippen molar-refractivity contribution in [1.82, 2.24) is 4.98 Å². The first kappa shape index (κ1) is 13.4. The van der Waals surface area contributed by atoms with Gasteiger partial charge < -0.3 is 9.73 Å². The molecule has 0 saturated carbocycles. The van der Waals surface area contributed by atoms with Gasteiger partial charge in [-0.05, 0) is 42.3 Å². The smallest absolute Gasteiger partial charge is 0.255 e. The molecule has 0 aliphatic carbocycles. The van der Waals surface area contributed by atoms with E-state index in [9.17, 15) is 4.79 Å². The summed E-state index contributed by atoms with van der Waals surface area (Å²) >= 11 is 0. The van der Waals surface area contributed by atoms with Crippen molar-refractivity contribution in [2.24, 2.45) is 0 Å². The lowest BCUT2D eigenvalue weighted by atomic mass is 10.1. The Kier molecular flexibility index (Phi) is 3.44. The Morgan fingerprint density at radius 3 is 2.67 bits per heavy atom. The van der Waals surface area contributed by atoms with Gasteiger partial charge in [0.1, 0.15) is 5.52 Å². The molecule has 0 aliphatic heterocycles. The highest BCUT2D eigenvalue weighted by Crippen LogP contribution is 2.20. The molecule has 0 radical (unpaired) electrons. The van der Waals surface area contributed by atoms with Crippen LogP contribution in [0.3, 0.4) is 0 Å². The lowest BCUT2D eigenvalue weighted by molar-refractivity contribution is 0.102. The Morgan fingerprint density at radius 2 is 1.95 bits per heavy atom. The summed E-state index contributed by atoms with van der Waals surface area (Å²) in [6.07, 6.45) is 0.962. The summed E-state index contributed by atoms with van der Waals surface area (Å²) in [4.78, 5) is 16.5. The number of nitrogens with one attached hydrogen (secondary N) is 1. The zero-order valence-corrected chi connectivity index (χ0v) is 12.0. The normalized spacial score (nSPS) is 10.8. The Balaban J connectivity index is 1.81. The van der Waals surface area contributed by atoms with Crippen molar-refractivity contribution in [3.63, 3.8) is 0 Å². The molecule has 0 unspecified atom stereocenters. The molecule has 3 aromatic rings. The molecule has 106 valence electrons. The van der Waals surface area contributed by atoms with E-state index in [1.54, 1.807) is 6.92 Å². The van der Waals surface area contributed by atoms with Gasteiger partial charge in [-0.25, -0.2) is 4.98 Å². The fraction of sp³-hybridized carbons (Fsp3) is 0.176. The van der Waals surface area contributed by atoms with Crippen LogP contribution in [-0.4, -0.2) is 10.9 Å². The quantitative estimate of drug-likeness (QED) is 0.790. The van der Waals surface area contributed by atoms with Gasteiger partial charge in [0.05, 0.1) is 0 Å². The second kappa shape index (κ2) is 5.40. The maximum absolute atomic E-state index is 12.2. The molecule has 4 heteroatoms. The molecule has 21 heavy (non-hydrogen) atoms. The van der Waals surface area contributed by atoms with Crippen LogP contribution in [0, 0.1) is 6.92 Å². The summed E-state index contributed by atoms with van der Waals surface area (Å²) in [7, 11) is 0. The van der Waals surface area contributed by atoms with E-state index >= 15 is 0 Å². The largest absolute Gasteiger partial charge is 0.441 e. The number of hydrogen-bond acceptors (Lipinski definition) is 3. The van der Waals surface area contributed by atoms with E-state index in [1.165, 1.54) is 5.56 Å². The van der Waals surface area contributed by atoms with Crippen LogP contribution in [-0.2, 0) is 6.42 Å². The van der Waals surface area contributed by atoms with Crippen molar-refractivity contribution in [3.05, 3.63) is 59.5 Å². The van der Waals surface area contributed by atoms with E-state index in [0.29, 0.717) is 17.1 Å². The first-order valence-electron chi connectivity index (χ1n) is 6.93. The number of anilines is 1. The fourth-order valence-electron chi connectivity index (χ4n) is 2.22. The van der Waals surface area contributed by atoms with Crippen molar-refractivity contribution in [2.45, 2.75) is 20.3 Å². The van der Waals surface area contributed by atoms with E-state index in [1.807, 2.05) is 42.5 Å². The fourth-order valence-corrected chi connectivity index (χ4v) is 2.22. The molecule has 0 fully saturated rings. The number of hydrogen-bond donors (Lipinski definition) is 1. The molecule has 0 saturated heterocycles. The molecule has 4 nitrogen and oxygen atoms in total. The van der Waals surface area contributed by atoms with Crippen LogP contribution < -0.4 is 5.32 Å². The van der Waals surface area contributed by atoms with Gasteiger partial charge in [-0.3, -0.25) is 4.79 Å². The van der Waals surface area contributed by atoms with Crippen molar-refractivity contribution < 1.29 is 9.21 Å².